The summed E-state index contributed by atoms with van der Waals surface area (Å²) >= 11 is 6.60. The summed E-state index contributed by atoms with van der Waals surface area (Å²) in [6.45, 7) is 1.59. The summed E-state index contributed by atoms with van der Waals surface area (Å²) in [4.78, 5) is 50.7. The van der Waals surface area contributed by atoms with Gasteiger partial charge in [0.1, 0.15) is 24.3 Å². The van der Waals surface area contributed by atoms with E-state index in [0.29, 0.717) is 33.2 Å². The number of amides is 3. The number of methoxy groups -OCH3 is 2. The number of phenols is 3. The highest BCUT2D eigenvalue weighted by molar-refractivity contribution is 6.31. The number of hydrogen-bond acceptors (Lipinski definition) is 15. The first-order chi connectivity index (χ1) is 32.1. The number of carboxylic acids is 1. The van der Waals surface area contributed by atoms with Crippen LogP contribution in [0.4, 0.5) is 22.7 Å². The summed E-state index contributed by atoms with van der Waals surface area (Å²) in [7, 11) is 2.48. The van der Waals surface area contributed by atoms with E-state index >= 15 is 0 Å². The van der Waals surface area contributed by atoms with Gasteiger partial charge < -0.3 is 66.3 Å². The molecular formula is C46H45ClN8O12. The van der Waals surface area contributed by atoms with Crippen LogP contribution in [-0.2, 0) is 22.6 Å². The molecule has 0 spiro atoms. The van der Waals surface area contributed by atoms with Crippen molar-refractivity contribution in [3.8, 4) is 28.7 Å². The summed E-state index contributed by atoms with van der Waals surface area (Å²) < 4.78 is 16.2. The van der Waals surface area contributed by atoms with E-state index in [0.717, 1.165) is 11.6 Å². The number of H-pyrrole nitrogens is 1. The Morgan fingerprint density at radius 3 is 2.12 bits per heavy atom. The van der Waals surface area contributed by atoms with Gasteiger partial charge in [0.15, 0.2) is 23.0 Å². The molecule has 2 atom stereocenters. The van der Waals surface area contributed by atoms with Gasteiger partial charge in [-0.1, -0.05) is 35.0 Å². The summed E-state index contributed by atoms with van der Waals surface area (Å²) in [5, 5.41) is 76.0. The van der Waals surface area contributed by atoms with Gasteiger partial charge in [-0.2, -0.15) is 0 Å². The maximum absolute atomic E-state index is 13.4. The van der Waals surface area contributed by atoms with Crippen LogP contribution < -0.4 is 36.1 Å². The second kappa shape index (κ2) is 22.0. The van der Waals surface area contributed by atoms with E-state index < -0.39 is 47.1 Å². The number of aromatic hydroxyl groups is 3. The molecule has 5 aromatic carbocycles. The molecular weight excluding hydrogens is 892 g/mol. The van der Waals surface area contributed by atoms with Gasteiger partial charge in [0.2, 0.25) is 0 Å². The van der Waals surface area contributed by atoms with Crippen molar-refractivity contribution in [3.63, 3.8) is 0 Å². The van der Waals surface area contributed by atoms with Crippen molar-refractivity contribution in [2.75, 3.05) is 42.2 Å². The lowest BCUT2D eigenvalue weighted by atomic mass is 10.1. The third kappa shape index (κ3) is 12.3. The predicted octanol–water partition coefficient (Wildman–Crippen LogP) is 5.94. The topological polar surface area (TPSA) is 299 Å². The standard InChI is InChI=1S/C46H45ClN8O12/c1-24(18-25-4-12-31(56)13-5-25)42(59)50-28-9-6-26(7-10-28)43(60)53-37(20-30-21-49-55-54-30)45(62)51-29-11-8-27(34(47)19-29)22-67-23-48-35-16-14-32(38(57)40(35)65-2)44(61)52-36-17-15-33(46(63)64)39(58)41(36)66-3/h4-19,21,37,45,48,51,56-58,62H,20,22-23H2,1-3H3,(H,50,59)(H,52,61)(H,53,60)(H,63,64)(H,49,54,55)/b24-18+/t37-,45?/m0/s1. The Hall–Kier alpha value is -8.33. The van der Waals surface area contributed by atoms with Crippen LogP contribution >= 0.6 is 11.6 Å². The molecule has 348 valence electrons. The number of phenolic OH excluding ortho intramolecular Hbond substituents is 2. The molecule has 67 heavy (non-hydrogen) atoms. The number of hydrogen-bond donors (Lipinski definition) is 11. The molecule has 3 amide bonds. The number of carbonyl (C=O) groups is 4. The van der Waals surface area contributed by atoms with Crippen molar-refractivity contribution in [2.24, 2.45) is 0 Å². The number of carbonyl (C=O) groups excluding carboxylic acids is 3. The number of aliphatic hydroxyl groups is 1. The molecule has 0 bridgehead atoms. The Bertz CT molecular complexity index is 2770. The zero-order valence-electron chi connectivity index (χ0n) is 36.0. The minimum atomic E-state index is -1.40. The third-order valence-electron chi connectivity index (χ3n) is 10.0. The lowest BCUT2D eigenvalue weighted by molar-refractivity contribution is -0.112. The molecule has 11 N–H and O–H groups in total. The second-order valence-electron chi connectivity index (χ2n) is 14.6. The number of halogens is 1. The molecule has 0 fully saturated rings. The average molecular weight is 937 g/mol. The van der Waals surface area contributed by atoms with E-state index in [9.17, 15) is 44.7 Å². The fraction of sp³-hybridized carbons (Fsp3) is 0.174. The maximum Gasteiger partial charge on any atom is 0.339 e. The number of benzene rings is 5. The Labute approximate surface area is 387 Å². The van der Waals surface area contributed by atoms with Gasteiger partial charge in [-0.3, -0.25) is 19.5 Å². The number of aromatic carboxylic acids is 1. The first-order valence-electron chi connectivity index (χ1n) is 20.1. The summed E-state index contributed by atoms with van der Waals surface area (Å²) in [6, 6.07) is 21.7. The number of aliphatic hydroxyl groups excluding tert-OH is 1. The van der Waals surface area contributed by atoms with Gasteiger partial charge in [0, 0.05) is 40.2 Å². The number of nitrogens with zero attached hydrogens (tertiary/aromatic N) is 2. The van der Waals surface area contributed by atoms with Crippen molar-refractivity contribution in [2.45, 2.75) is 32.2 Å². The molecule has 20 nitrogen and oxygen atoms in total. The van der Waals surface area contributed by atoms with Crippen LogP contribution in [0.2, 0.25) is 5.02 Å². The van der Waals surface area contributed by atoms with Crippen LogP contribution in [-0.4, -0.2) is 97.9 Å². The first-order valence-corrected chi connectivity index (χ1v) is 20.5. The van der Waals surface area contributed by atoms with Gasteiger partial charge >= 0.3 is 5.97 Å². The predicted molar refractivity (Wildman–Crippen MR) is 247 cm³/mol. The second-order valence-corrected chi connectivity index (χ2v) is 15.0. The number of anilines is 4. The van der Waals surface area contributed by atoms with E-state index in [1.165, 1.54) is 62.9 Å². The molecule has 21 heteroatoms. The molecule has 6 aromatic rings. The van der Waals surface area contributed by atoms with Crippen molar-refractivity contribution in [1.82, 2.24) is 20.7 Å². The fourth-order valence-corrected chi connectivity index (χ4v) is 6.75. The van der Waals surface area contributed by atoms with Crippen molar-refractivity contribution < 1.29 is 58.9 Å². The number of aromatic amines is 1. The van der Waals surface area contributed by atoms with Crippen molar-refractivity contribution >= 4 is 64.1 Å². The van der Waals surface area contributed by atoms with Gasteiger partial charge in [-0.25, -0.2) is 4.79 Å². The fourth-order valence-electron chi connectivity index (χ4n) is 6.52. The molecule has 6 rings (SSSR count). The van der Waals surface area contributed by atoms with Gasteiger partial charge in [-0.05, 0) is 96.9 Å². The Balaban J connectivity index is 1.03. The lowest BCUT2D eigenvalue weighted by Gasteiger charge is -2.25. The number of rotatable bonds is 20. The zero-order chi connectivity index (χ0) is 48.2. The highest BCUT2D eigenvalue weighted by Gasteiger charge is 2.25. The van der Waals surface area contributed by atoms with Crippen LogP contribution in [0.5, 0.6) is 28.7 Å². The Kier molecular flexibility index (Phi) is 15.8. The largest absolute Gasteiger partial charge is 0.508 e. The number of aromatic nitrogens is 3. The minimum Gasteiger partial charge on any atom is -0.508 e. The third-order valence-corrected chi connectivity index (χ3v) is 10.4. The quantitative estimate of drug-likeness (QED) is 0.0240. The van der Waals surface area contributed by atoms with Crippen LogP contribution in [0.25, 0.3) is 6.08 Å². The lowest BCUT2D eigenvalue weighted by Crippen LogP contribution is -2.48. The Morgan fingerprint density at radius 2 is 1.46 bits per heavy atom. The van der Waals surface area contributed by atoms with Crippen LogP contribution in [0.3, 0.4) is 0 Å². The van der Waals surface area contributed by atoms with Crippen molar-refractivity contribution in [3.05, 3.63) is 141 Å². The van der Waals surface area contributed by atoms with Gasteiger partial charge in [-0.15, -0.1) is 5.10 Å². The average Bonchev–Trinajstić information content (AvgIpc) is 3.82. The summed E-state index contributed by atoms with van der Waals surface area (Å²) in [5.74, 6) is -4.52. The molecule has 0 saturated heterocycles. The molecule has 0 aliphatic carbocycles. The summed E-state index contributed by atoms with van der Waals surface area (Å²) in [6.07, 6.45) is 1.97. The van der Waals surface area contributed by atoms with Crippen LogP contribution in [0.1, 0.15) is 54.8 Å². The highest BCUT2D eigenvalue weighted by atomic mass is 35.5. The first kappa shape index (κ1) is 48.1. The molecule has 1 unspecified atom stereocenters. The maximum atomic E-state index is 13.4. The van der Waals surface area contributed by atoms with Crippen LogP contribution in [0.15, 0.2) is 103 Å². The molecule has 0 aliphatic rings. The molecule has 0 saturated carbocycles. The van der Waals surface area contributed by atoms with Crippen LogP contribution in [0, 0.1) is 0 Å². The number of nitrogens with one attached hydrogen (secondary N) is 6. The monoisotopic (exact) mass is 936 g/mol. The number of carboxylic acid groups (broad SMARTS) is 1. The summed E-state index contributed by atoms with van der Waals surface area (Å²) in [5.41, 5.74) is 2.95. The van der Waals surface area contributed by atoms with E-state index in [4.69, 9.17) is 25.8 Å². The molecule has 1 aromatic heterocycles. The molecule has 0 radical (unpaired) electrons. The van der Waals surface area contributed by atoms with E-state index in [2.05, 4.69) is 42.0 Å². The Morgan fingerprint density at radius 1 is 0.806 bits per heavy atom. The zero-order valence-corrected chi connectivity index (χ0v) is 36.7. The highest BCUT2D eigenvalue weighted by Crippen LogP contribution is 2.40. The van der Waals surface area contributed by atoms with Gasteiger partial charge in [0.25, 0.3) is 17.7 Å². The minimum absolute atomic E-state index is 0.0300. The molecule has 1 heterocycles. The smallest absolute Gasteiger partial charge is 0.339 e. The van der Waals surface area contributed by atoms with Crippen molar-refractivity contribution in [1.29, 1.82) is 0 Å². The van der Waals surface area contributed by atoms with Gasteiger partial charge in [0.05, 0.1) is 49.5 Å². The molecule has 0 aliphatic heterocycles. The van der Waals surface area contributed by atoms with E-state index in [1.807, 2.05) is 0 Å². The van der Waals surface area contributed by atoms with E-state index in [-0.39, 0.29) is 65.4 Å². The SMILES string of the molecule is COc1c(NC(=O)c2ccc(NCOCc3ccc(NC(O)[C@H](Cc4c[nH]nn4)NC(=O)c4ccc(NC(=O)/C(C)=C/c5ccc(O)cc5)cc4)cc3Cl)c(OC)c2O)ccc(C(=O)O)c1O. The normalized spacial score (nSPS) is 12.0. The number of ether oxygens (including phenoxy) is 3. The van der Waals surface area contributed by atoms with E-state index in [1.54, 1.807) is 55.5 Å².